The fourth-order valence-corrected chi connectivity index (χ4v) is 2.68. The second kappa shape index (κ2) is 8.57. The van der Waals surface area contributed by atoms with E-state index in [1.807, 2.05) is 6.92 Å². The Morgan fingerprint density at radius 1 is 1.35 bits per heavy atom. The van der Waals surface area contributed by atoms with Crippen molar-refractivity contribution >= 4 is 34.7 Å². The van der Waals surface area contributed by atoms with Gasteiger partial charge in [0.2, 0.25) is 0 Å². The molecular formula is C18H21FN4O2S. The number of halogens is 1. The summed E-state index contributed by atoms with van der Waals surface area (Å²) < 4.78 is 18.7. The largest absolute Gasteiger partial charge is 0.462 e. The predicted octanol–water partition coefficient (Wildman–Crippen LogP) is 3.66. The van der Waals surface area contributed by atoms with E-state index in [-0.39, 0.29) is 16.8 Å². The number of hydrogen-bond acceptors (Lipinski definition) is 4. The van der Waals surface area contributed by atoms with Gasteiger partial charge in [0.25, 0.3) is 0 Å². The lowest BCUT2D eigenvalue weighted by atomic mass is 10.1. The maximum absolute atomic E-state index is 13.6. The summed E-state index contributed by atoms with van der Waals surface area (Å²) in [5, 5.41) is 7.09. The molecule has 26 heavy (non-hydrogen) atoms. The first-order valence-electron chi connectivity index (χ1n) is 8.07. The number of carbonyl (C=O) groups is 1. The molecule has 0 spiro atoms. The molecule has 6 nitrogen and oxygen atoms in total. The highest BCUT2D eigenvalue weighted by molar-refractivity contribution is 7.80. The molecule has 0 radical (unpaired) electrons. The van der Waals surface area contributed by atoms with E-state index in [0.29, 0.717) is 29.3 Å². The summed E-state index contributed by atoms with van der Waals surface area (Å²) in [7, 11) is 0. The van der Waals surface area contributed by atoms with E-state index in [4.69, 9.17) is 17.0 Å². The number of hydrazone groups is 1. The van der Waals surface area contributed by atoms with Crippen molar-refractivity contribution in [3.63, 3.8) is 0 Å². The molecule has 138 valence electrons. The molecule has 1 heterocycles. The van der Waals surface area contributed by atoms with Crippen LogP contribution < -0.4 is 10.7 Å². The van der Waals surface area contributed by atoms with Crippen LogP contribution in [-0.2, 0) is 4.74 Å². The van der Waals surface area contributed by atoms with Gasteiger partial charge in [0.05, 0.1) is 29.3 Å². The number of aromatic amines is 1. The molecule has 0 bridgehead atoms. The fourth-order valence-electron chi connectivity index (χ4n) is 2.52. The summed E-state index contributed by atoms with van der Waals surface area (Å²) in [6.45, 7) is 7.46. The van der Waals surface area contributed by atoms with E-state index >= 15 is 0 Å². The lowest BCUT2D eigenvalue weighted by Gasteiger charge is -2.08. The minimum absolute atomic E-state index is 0.154. The molecule has 0 aliphatic heterocycles. The first kappa shape index (κ1) is 19.6. The summed E-state index contributed by atoms with van der Waals surface area (Å²) in [5.74, 6) is -0.783. The number of H-pyrrole nitrogens is 1. The van der Waals surface area contributed by atoms with Crippen molar-refractivity contribution in [3.8, 4) is 0 Å². The normalized spacial score (nSPS) is 11.2. The second-order valence-corrected chi connectivity index (χ2v) is 6.00. The van der Waals surface area contributed by atoms with Gasteiger partial charge in [-0.3, -0.25) is 5.43 Å². The lowest BCUT2D eigenvalue weighted by molar-refractivity contribution is 0.0525. The van der Waals surface area contributed by atoms with Crippen molar-refractivity contribution in [2.24, 2.45) is 5.10 Å². The number of rotatable bonds is 5. The van der Waals surface area contributed by atoms with E-state index in [2.05, 4.69) is 20.8 Å². The van der Waals surface area contributed by atoms with Crippen LogP contribution in [0.4, 0.5) is 10.1 Å². The molecule has 1 aromatic heterocycles. The van der Waals surface area contributed by atoms with E-state index in [1.54, 1.807) is 39.0 Å². The number of hydrogen-bond donors (Lipinski definition) is 3. The highest BCUT2D eigenvalue weighted by atomic mass is 32.1. The summed E-state index contributed by atoms with van der Waals surface area (Å²) in [6, 6.07) is 6.20. The van der Waals surface area contributed by atoms with Crippen LogP contribution in [0.3, 0.4) is 0 Å². The van der Waals surface area contributed by atoms with E-state index in [1.165, 1.54) is 6.07 Å². The fraction of sp³-hybridized carbons (Fsp3) is 0.278. The van der Waals surface area contributed by atoms with Gasteiger partial charge in [0.15, 0.2) is 5.11 Å². The van der Waals surface area contributed by atoms with Crippen molar-refractivity contribution in [2.45, 2.75) is 27.7 Å². The van der Waals surface area contributed by atoms with E-state index in [0.717, 1.165) is 5.56 Å². The van der Waals surface area contributed by atoms with Crippen molar-refractivity contribution in [2.75, 3.05) is 11.9 Å². The SMILES string of the molecule is CCOC(=O)c1c(C)[nH]c(/C(C)=N/NC(=S)Nc2ccccc2F)c1C. The molecule has 0 amide bonds. The minimum atomic E-state index is -0.410. The third-order valence-electron chi connectivity index (χ3n) is 3.73. The van der Waals surface area contributed by atoms with Crippen LogP contribution in [0.5, 0.6) is 0 Å². The van der Waals surface area contributed by atoms with Crippen LogP contribution in [-0.4, -0.2) is 28.4 Å². The van der Waals surface area contributed by atoms with Gasteiger partial charge in [0.1, 0.15) is 5.82 Å². The molecule has 0 aliphatic rings. The van der Waals surface area contributed by atoms with Gasteiger partial charge in [0, 0.05) is 5.69 Å². The molecule has 3 N–H and O–H groups in total. The van der Waals surface area contributed by atoms with Crippen LogP contribution in [0, 0.1) is 19.7 Å². The molecule has 1 aromatic carbocycles. The zero-order valence-corrected chi connectivity index (χ0v) is 15.9. The summed E-state index contributed by atoms with van der Waals surface area (Å²) in [5.41, 5.74) is 6.18. The molecular weight excluding hydrogens is 355 g/mol. The molecule has 2 aromatic rings. The van der Waals surface area contributed by atoms with Crippen molar-refractivity contribution < 1.29 is 13.9 Å². The Balaban J connectivity index is 2.12. The summed E-state index contributed by atoms with van der Waals surface area (Å²) >= 11 is 5.12. The number of nitrogens with zero attached hydrogens (tertiary/aromatic N) is 1. The number of esters is 1. The topological polar surface area (TPSA) is 78.5 Å². The van der Waals surface area contributed by atoms with Gasteiger partial charge >= 0.3 is 5.97 Å². The zero-order valence-electron chi connectivity index (χ0n) is 15.1. The quantitative estimate of drug-likeness (QED) is 0.321. The maximum atomic E-state index is 13.6. The van der Waals surface area contributed by atoms with Gasteiger partial charge in [-0.15, -0.1) is 0 Å². The Morgan fingerprint density at radius 3 is 2.69 bits per heavy atom. The van der Waals surface area contributed by atoms with Crippen LogP contribution in [0.1, 0.15) is 41.2 Å². The molecule has 0 fully saturated rings. The lowest BCUT2D eigenvalue weighted by Crippen LogP contribution is -2.25. The van der Waals surface area contributed by atoms with Gasteiger partial charge in [-0.05, 0) is 57.6 Å². The van der Waals surface area contributed by atoms with Crippen LogP contribution >= 0.6 is 12.2 Å². The molecule has 2 rings (SSSR count). The molecule has 0 unspecified atom stereocenters. The molecule has 0 saturated carbocycles. The number of thiocarbonyl (C=S) groups is 1. The Kier molecular flexibility index (Phi) is 6.46. The number of para-hydroxylation sites is 1. The standard InChI is InChI=1S/C18H21FN4O2S/c1-5-25-17(24)15-10(2)16(20-11(15)3)12(4)22-23-18(26)21-14-9-7-6-8-13(14)19/h6-9,20H,5H2,1-4H3,(H2,21,23,26)/b22-12+. The molecule has 0 aliphatic carbocycles. The third kappa shape index (κ3) is 4.45. The Bertz CT molecular complexity index is 861. The number of aryl methyl sites for hydroxylation is 1. The highest BCUT2D eigenvalue weighted by Crippen LogP contribution is 2.19. The maximum Gasteiger partial charge on any atom is 0.340 e. The monoisotopic (exact) mass is 376 g/mol. The van der Waals surface area contributed by atoms with E-state index in [9.17, 15) is 9.18 Å². The number of carbonyl (C=O) groups excluding carboxylic acids is 1. The number of nitrogens with one attached hydrogen (secondary N) is 3. The smallest absolute Gasteiger partial charge is 0.340 e. The first-order chi connectivity index (χ1) is 12.3. The minimum Gasteiger partial charge on any atom is -0.462 e. The van der Waals surface area contributed by atoms with Crippen molar-refractivity contribution in [1.29, 1.82) is 0 Å². The Labute approximate surface area is 156 Å². The van der Waals surface area contributed by atoms with Crippen LogP contribution in [0.15, 0.2) is 29.4 Å². The second-order valence-electron chi connectivity index (χ2n) is 5.59. The Morgan fingerprint density at radius 2 is 2.04 bits per heavy atom. The third-order valence-corrected chi connectivity index (χ3v) is 3.92. The molecule has 0 atom stereocenters. The van der Waals surface area contributed by atoms with E-state index < -0.39 is 5.82 Å². The highest BCUT2D eigenvalue weighted by Gasteiger charge is 2.20. The Hall–Kier alpha value is -2.74. The first-order valence-corrected chi connectivity index (χ1v) is 8.48. The summed E-state index contributed by atoms with van der Waals surface area (Å²) in [6.07, 6.45) is 0. The van der Waals surface area contributed by atoms with Gasteiger partial charge in [-0.25, -0.2) is 9.18 Å². The van der Waals surface area contributed by atoms with Gasteiger partial charge < -0.3 is 15.0 Å². The predicted molar refractivity (Wildman–Crippen MR) is 104 cm³/mol. The number of anilines is 1. The van der Waals surface area contributed by atoms with Crippen LogP contribution in [0.25, 0.3) is 0 Å². The number of aromatic nitrogens is 1. The molecule has 8 heteroatoms. The van der Waals surface area contributed by atoms with Crippen molar-refractivity contribution in [3.05, 3.63) is 52.6 Å². The average Bonchev–Trinajstić information content (AvgIpc) is 2.89. The van der Waals surface area contributed by atoms with Crippen molar-refractivity contribution in [1.82, 2.24) is 10.4 Å². The number of benzene rings is 1. The van der Waals surface area contributed by atoms with Gasteiger partial charge in [-0.1, -0.05) is 12.1 Å². The van der Waals surface area contributed by atoms with Crippen LogP contribution in [0.2, 0.25) is 0 Å². The zero-order chi connectivity index (χ0) is 19.3. The van der Waals surface area contributed by atoms with Gasteiger partial charge in [-0.2, -0.15) is 5.10 Å². The average molecular weight is 376 g/mol. The summed E-state index contributed by atoms with van der Waals surface area (Å²) in [4.78, 5) is 15.2. The number of ether oxygens (including phenoxy) is 1. The molecule has 0 saturated heterocycles.